The SMILES string of the molecule is CC1(C)CSC(N)=N[C@]1(C)c1cc(NC(=O)c2ncccc2F)ccc1F. The van der Waals surface area contributed by atoms with E-state index in [2.05, 4.69) is 15.3 Å². The van der Waals surface area contributed by atoms with E-state index in [0.29, 0.717) is 22.2 Å². The molecule has 0 bridgehead atoms. The maximum absolute atomic E-state index is 14.7. The molecule has 0 unspecified atom stereocenters. The highest BCUT2D eigenvalue weighted by Gasteiger charge is 2.46. The van der Waals surface area contributed by atoms with E-state index in [1.165, 1.54) is 42.2 Å². The van der Waals surface area contributed by atoms with E-state index in [9.17, 15) is 13.6 Å². The van der Waals surface area contributed by atoms with E-state index in [4.69, 9.17) is 5.73 Å². The Morgan fingerprint density at radius 1 is 1.22 bits per heavy atom. The zero-order chi connectivity index (χ0) is 19.8. The van der Waals surface area contributed by atoms with E-state index in [1.54, 1.807) is 0 Å². The lowest BCUT2D eigenvalue weighted by atomic mass is 9.70. The van der Waals surface area contributed by atoms with Gasteiger partial charge in [-0.1, -0.05) is 25.6 Å². The third-order valence-corrected chi connectivity index (χ3v) is 6.21. The smallest absolute Gasteiger partial charge is 0.277 e. The van der Waals surface area contributed by atoms with Crippen LogP contribution in [0.4, 0.5) is 14.5 Å². The molecule has 2 heterocycles. The van der Waals surface area contributed by atoms with E-state index >= 15 is 0 Å². The predicted octanol–water partition coefficient (Wildman–Crippen LogP) is 3.92. The highest BCUT2D eigenvalue weighted by molar-refractivity contribution is 8.13. The average Bonchev–Trinajstić information content (AvgIpc) is 2.60. The molecule has 1 aliphatic rings. The van der Waals surface area contributed by atoms with Gasteiger partial charge in [0.2, 0.25) is 0 Å². The topological polar surface area (TPSA) is 80.4 Å². The molecule has 1 atom stereocenters. The predicted molar refractivity (Wildman–Crippen MR) is 104 cm³/mol. The number of carbonyl (C=O) groups excluding carboxylic acids is 1. The van der Waals surface area contributed by atoms with Crippen LogP contribution in [0.3, 0.4) is 0 Å². The number of hydrogen-bond donors (Lipinski definition) is 2. The summed E-state index contributed by atoms with van der Waals surface area (Å²) in [6.45, 7) is 5.80. The van der Waals surface area contributed by atoms with Crippen molar-refractivity contribution in [1.82, 2.24) is 4.98 Å². The number of nitrogens with one attached hydrogen (secondary N) is 1. The van der Waals surface area contributed by atoms with Crippen molar-refractivity contribution in [2.75, 3.05) is 11.1 Å². The van der Waals surface area contributed by atoms with E-state index in [0.717, 1.165) is 6.07 Å². The summed E-state index contributed by atoms with van der Waals surface area (Å²) >= 11 is 1.43. The van der Waals surface area contributed by atoms with Crippen LogP contribution in [0.25, 0.3) is 0 Å². The minimum Gasteiger partial charge on any atom is -0.379 e. The van der Waals surface area contributed by atoms with Crippen molar-refractivity contribution in [1.29, 1.82) is 0 Å². The number of hydrogen-bond acceptors (Lipinski definition) is 5. The number of benzene rings is 1. The summed E-state index contributed by atoms with van der Waals surface area (Å²) in [5.41, 5.74) is 4.92. The molecule has 0 saturated carbocycles. The molecule has 0 spiro atoms. The van der Waals surface area contributed by atoms with Crippen LogP contribution < -0.4 is 11.1 Å². The summed E-state index contributed by atoms with van der Waals surface area (Å²) in [4.78, 5) is 20.6. The van der Waals surface area contributed by atoms with Crippen LogP contribution in [0.2, 0.25) is 0 Å². The fraction of sp³-hybridized carbons (Fsp3) is 0.316. The Kier molecular flexibility index (Phi) is 4.94. The molecule has 2 aromatic rings. The van der Waals surface area contributed by atoms with Crippen LogP contribution >= 0.6 is 11.8 Å². The van der Waals surface area contributed by atoms with Crippen LogP contribution in [-0.2, 0) is 5.54 Å². The van der Waals surface area contributed by atoms with Gasteiger partial charge in [0.1, 0.15) is 5.82 Å². The number of carbonyl (C=O) groups is 1. The number of anilines is 1. The Balaban J connectivity index is 1.99. The highest BCUT2D eigenvalue weighted by Crippen LogP contribution is 2.49. The second-order valence-corrected chi connectivity index (χ2v) is 8.17. The largest absolute Gasteiger partial charge is 0.379 e. The maximum atomic E-state index is 14.7. The van der Waals surface area contributed by atoms with Gasteiger partial charge >= 0.3 is 0 Å². The summed E-state index contributed by atoms with van der Waals surface area (Å²) in [5, 5.41) is 2.96. The van der Waals surface area contributed by atoms with Gasteiger partial charge in [0.05, 0.1) is 5.54 Å². The van der Waals surface area contributed by atoms with Crippen molar-refractivity contribution >= 4 is 28.5 Å². The maximum Gasteiger partial charge on any atom is 0.277 e. The third kappa shape index (κ3) is 3.53. The number of rotatable bonds is 3. The molecule has 0 saturated heterocycles. The number of nitrogens with zero attached hydrogens (tertiary/aromatic N) is 2. The third-order valence-electron chi connectivity index (χ3n) is 4.95. The van der Waals surface area contributed by atoms with Gasteiger partial charge in [-0.2, -0.15) is 0 Å². The van der Waals surface area contributed by atoms with Crippen LogP contribution in [-0.4, -0.2) is 21.8 Å². The van der Waals surface area contributed by atoms with Crippen molar-refractivity contribution in [2.24, 2.45) is 16.1 Å². The van der Waals surface area contributed by atoms with E-state index in [-0.39, 0.29) is 11.1 Å². The van der Waals surface area contributed by atoms with Gasteiger partial charge in [0, 0.05) is 28.6 Å². The normalized spacial score (nSPS) is 21.4. The quantitative estimate of drug-likeness (QED) is 0.833. The van der Waals surface area contributed by atoms with Gasteiger partial charge < -0.3 is 11.1 Å². The summed E-state index contributed by atoms with van der Waals surface area (Å²) in [5.74, 6) is -1.21. The van der Waals surface area contributed by atoms with Crippen molar-refractivity contribution in [3.8, 4) is 0 Å². The number of halogens is 2. The van der Waals surface area contributed by atoms with Gasteiger partial charge in [-0.15, -0.1) is 0 Å². The van der Waals surface area contributed by atoms with Crippen molar-refractivity contribution < 1.29 is 13.6 Å². The fourth-order valence-corrected chi connectivity index (χ4v) is 3.98. The lowest BCUT2D eigenvalue weighted by molar-refractivity contribution is 0.101. The number of pyridine rings is 1. The van der Waals surface area contributed by atoms with E-state index < -0.39 is 23.1 Å². The lowest BCUT2D eigenvalue weighted by Crippen LogP contribution is -2.45. The number of thioether (sulfide) groups is 1. The summed E-state index contributed by atoms with van der Waals surface area (Å²) in [7, 11) is 0. The summed E-state index contributed by atoms with van der Waals surface area (Å²) in [6, 6.07) is 6.74. The first-order valence-corrected chi connectivity index (χ1v) is 9.33. The minimum atomic E-state index is -0.913. The van der Waals surface area contributed by atoms with Crippen LogP contribution in [0.1, 0.15) is 36.8 Å². The molecule has 8 heteroatoms. The molecular weight excluding hydrogens is 370 g/mol. The van der Waals surface area contributed by atoms with Crippen molar-refractivity contribution in [3.63, 3.8) is 0 Å². The summed E-state index contributed by atoms with van der Waals surface area (Å²) < 4.78 is 28.5. The molecule has 1 amide bonds. The Labute approximate surface area is 160 Å². The Bertz CT molecular complexity index is 932. The first-order valence-electron chi connectivity index (χ1n) is 8.34. The number of nitrogens with two attached hydrogens (primary N) is 1. The van der Waals surface area contributed by atoms with Gasteiger partial charge in [0.25, 0.3) is 5.91 Å². The average molecular weight is 390 g/mol. The standard InChI is InChI=1S/C19H20F2N4OS/c1-18(2)10-27-17(22)25-19(18,3)12-9-11(6-7-13(12)20)24-16(26)15-14(21)5-4-8-23-15/h4-9H,10H2,1-3H3,(H2,22,25)(H,24,26)/t19-/m1/s1. The zero-order valence-corrected chi connectivity index (χ0v) is 16.0. The molecule has 5 nitrogen and oxygen atoms in total. The molecule has 0 aliphatic carbocycles. The molecule has 1 aromatic heterocycles. The van der Waals surface area contributed by atoms with Gasteiger partial charge in [-0.25, -0.2) is 13.8 Å². The van der Waals surface area contributed by atoms with Crippen LogP contribution in [0.15, 0.2) is 41.5 Å². The Morgan fingerprint density at radius 3 is 2.67 bits per heavy atom. The number of amidine groups is 1. The molecule has 0 fully saturated rings. The summed E-state index contributed by atoms with van der Waals surface area (Å²) in [6.07, 6.45) is 1.33. The molecule has 3 rings (SSSR count). The minimum absolute atomic E-state index is 0.315. The fourth-order valence-electron chi connectivity index (χ4n) is 2.94. The Morgan fingerprint density at radius 2 is 1.96 bits per heavy atom. The molecule has 27 heavy (non-hydrogen) atoms. The first-order chi connectivity index (χ1) is 12.6. The number of aromatic nitrogens is 1. The van der Waals surface area contributed by atoms with Gasteiger partial charge in [-0.05, 0) is 37.3 Å². The van der Waals surface area contributed by atoms with E-state index in [1.807, 2.05) is 20.8 Å². The molecule has 3 N–H and O–H groups in total. The van der Waals surface area contributed by atoms with Crippen LogP contribution in [0, 0.1) is 17.0 Å². The molecule has 1 aromatic carbocycles. The first kappa shape index (κ1) is 19.3. The van der Waals surface area contributed by atoms with Crippen LogP contribution in [0.5, 0.6) is 0 Å². The second-order valence-electron chi connectivity index (χ2n) is 7.18. The molecule has 142 valence electrons. The second kappa shape index (κ2) is 6.92. The van der Waals surface area contributed by atoms with Gasteiger partial charge in [0.15, 0.2) is 16.7 Å². The molecular formula is C19H20F2N4OS. The van der Waals surface area contributed by atoms with Crippen molar-refractivity contribution in [3.05, 3.63) is 59.4 Å². The zero-order valence-electron chi connectivity index (χ0n) is 15.2. The molecule has 0 radical (unpaired) electrons. The number of aliphatic imine (C=N–C) groups is 1. The molecule has 1 aliphatic heterocycles. The van der Waals surface area contributed by atoms with Gasteiger partial charge in [-0.3, -0.25) is 9.79 Å². The number of amides is 1. The lowest BCUT2D eigenvalue weighted by Gasteiger charge is -2.44. The highest BCUT2D eigenvalue weighted by atomic mass is 32.2. The monoisotopic (exact) mass is 390 g/mol. The Hall–Kier alpha value is -2.48. The van der Waals surface area contributed by atoms with Crippen molar-refractivity contribution in [2.45, 2.75) is 26.3 Å².